The van der Waals surface area contributed by atoms with E-state index in [0.717, 1.165) is 25.7 Å². The van der Waals surface area contributed by atoms with E-state index in [1.54, 1.807) is 0 Å². The zero-order chi connectivity index (χ0) is 13.1. The van der Waals surface area contributed by atoms with Gasteiger partial charge in [-0.2, -0.15) is 0 Å². The summed E-state index contributed by atoms with van der Waals surface area (Å²) < 4.78 is 4.52. The summed E-state index contributed by atoms with van der Waals surface area (Å²) >= 11 is 0. The zero-order valence-electron chi connectivity index (χ0n) is 10.7. The summed E-state index contributed by atoms with van der Waals surface area (Å²) in [7, 11) is 1.30. The molecule has 1 heterocycles. The molecule has 2 amide bonds. The number of ether oxygens (including phenoxy) is 1. The predicted octanol–water partition coefficient (Wildman–Crippen LogP) is 0.213. The fourth-order valence-electron chi connectivity index (χ4n) is 2.81. The maximum atomic E-state index is 12.2. The minimum Gasteiger partial charge on any atom is -0.453 e. The van der Waals surface area contributed by atoms with Gasteiger partial charge in [0.05, 0.1) is 7.11 Å². The molecule has 0 aromatic carbocycles. The fraction of sp³-hybridized carbons (Fsp3) is 0.833. The highest BCUT2D eigenvalue weighted by atomic mass is 16.5. The van der Waals surface area contributed by atoms with Gasteiger partial charge in [0.2, 0.25) is 5.91 Å². The van der Waals surface area contributed by atoms with E-state index in [2.05, 4.69) is 10.1 Å². The van der Waals surface area contributed by atoms with E-state index in [1.165, 1.54) is 7.11 Å². The van der Waals surface area contributed by atoms with Crippen LogP contribution >= 0.6 is 0 Å². The Balaban J connectivity index is 1.88. The molecule has 1 aliphatic heterocycles. The standard InChI is InChI=1S/C12H21N3O3/c1-18-12(17)14-10-6-7-15(11(10)16)9-4-2-8(13)3-5-9/h8-10H,2-7,13H2,1H3,(H,14,17)/t8-,9-,10-/m1/s1. The fourth-order valence-corrected chi connectivity index (χ4v) is 2.81. The van der Waals surface area contributed by atoms with Crippen molar-refractivity contribution in [2.75, 3.05) is 13.7 Å². The van der Waals surface area contributed by atoms with Gasteiger partial charge < -0.3 is 20.7 Å². The number of hydrogen-bond donors (Lipinski definition) is 2. The van der Waals surface area contributed by atoms with Gasteiger partial charge in [0.25, 0.3) is 0 Å². The monoisotopic (exact) mass is 255 g/mol. The molecule has 0 aromatic heterocycles. The number of rotatable bonds is 2. The lowest BCUT2D eigenvalue weighted by Gasteiger charge is -2.33. The first kappa shape index (κ1) is 13.1. The van der Waals surface area contributed by atoms with Gasteiger partial charge in [-0.15, -0.1) is 0 Å². The summed E-state index contributed by atoms with van der Waals surface area (Å²) in [4.78, 5) is 25.2. The van der Waals surface area contributed by atoms with Crippen molar-refractivity contribution >= 4 is 12.0 Å². The van der Waals surface area contributed by atoms with E-state index >= 15 is 0 Å². The van der Waals surface area contributed by atoms with Gasteiger partial charge in [0.15, 0.2) is 0 Å². The van der Waals surface area contributed by atoms with Crippen molar-refractivity contribution in [3.63, 3.8) is 0 Å². The summed E-state index contributed by atoms with van der Waals surface area (Å²) in [6, 6.07) is 0.151. The second-order valence-corrected chi connectivity index (χ2v) is 5.08. The van der Waals surface area contributed by atoms with E-state index in [-0.39, 0.29) is 11.9 Å². The van der Waals surface area contributed by atoms with Crippen LogP contribution in [-0.4, -0.2) is 48.7 Å². The number of likely N-dealkylation sites (tertiary alicyclic amines) is 1. The molecule has 6 heteroatoms. The Kier molecular flexibility index (Phi) is 4.06. The predicted molar refractivity (Wildman–Crippen MR) is 65.9 cm³/mol. The largest absolute Gasteiger partial charge is 0.453 e. The molecule has 18 heavy (non-hydrogen) atoms. The number of nitrogens with two attached hydrogens (primary N) is 1. The number of carbonyl (C=O) groups is 2. The number of nitrogens with one attached hydrogen (secondary N) is 1. The number of amides is 2. The Labute approximate surface area is 107 Å². The first-order chi connectivity index (χ1) is 8.61. The Morgan fingerprint density at radius 3 is 2.61 bits per heavy atom. The van der Waals surface area contributed by atoms with Crippen LogP contribution < -0.4 is 11.1 Å². The molecule has 1 saturated heterocycles. The molecule has 0 spiro atoms. The average molecular weight is 255 g/mol. The molecule has 3 N–H and O–H groups in total. The highest BCUT2D eigenvalue weighted by molar-refractivity contribution is 5.87. The third kappa shape index (κ3) is 2.75. The molecule has 2 fully saturated rings. The molecule has 2 aliphatic rings. The van der Waals surface area contributed by atoms with Crippen molar-refractivity contribution in [1.82, 2.24) is 10.2 Å². The summed E-state index contributed by atoms with van der Waals surface area (Å²) in [6.45, 7) is 0.716. The van der Waals surface area contributed by atoms with E-state index in [4.69, 9.17) is 5.73 Å². The lowest BCUT2D eigenvalue weighted by molar-refractivity contribution is -0.131. The second kappa shape index (κ2) is 5.56. The van der Waals surface area contributed by atoms with Gasteiger partial charge in [-0.25, -0.2) is 4.79 Å². The maximum absolute atomic E-state index is 12.2. The minimum atomic E-state index is -0.541. The van der Waals surface area contributed by atoms with Gasteiger partial charge in [0.1, 0.15) is 6.04 Å². The van der Waals surface area contributed by atoms with Crippen LogP contribution in [-0.2, 0) is 9.53 Å². The van der Waals surface area contributed by atoms with Crippen LogP contribution in [0.5, 0.6) is 0 Å². The number of methoxy groups -OCH3 is 1. The average Bonchev–Trinajstić information content (AvgIpc) is 2.72. The van der Waals surface area contributed by atoms with Gasteiger partial charge in [-0.05, 0) is 32.1 Å². The van der Waals surface area contributed by atoms with E-state index < -0.39 is 12.1 Å². The van der Waals surface area contributed by atoms with Crippen molar-refractivity contribution in [2.24, 2.45) is 5.73 Å². The zero-order valence-corrected chi connectivity index (χ0v) is 10.7. The molecule has 0 radical (unpaired) electrons. The van der Waals surface area contributed by atoms with Crippen molar-refractivity contribution in [3.05, 3.63) is 0 Å². The minimum absolute atomic E-state index is 0.0147. The third-order valence-electron chi connectivity index (χ3n) is 3.90. The smallest absolute Gasteiger partial charge is 0.407 e. The van der Waals surface area contributed by atoms with Crippen molar-refractivity contribution < 1.29 is 14.3 Å². The van der Waals surface area contributed by atoms with Crippen LogP contribution in [0.4, 0.5) is 4.79 Å². The Morgan fingerprint density at radius 2 is 2.00 bits per heavy atom. The van der Waals surface area contributed by atoms with Crippen molar-refractivity contribution in [2.45, 2.75) is 50.2 Å². The van der Waals surface area contributed by atoms with Crippen LogP contribution in [0.3, 0.4) is 0 Å². The second-order valence-electron chi connectivity index (χ2n) is 5.08. The summed E-state index contributed by atoms with van der Waals surface area (Å²) in [6.07, 6.45) is 4.01. The van der Waals surface area contributed by atoms with Gasteiger partial charge >= 0.3 is 6.09 Å². The first-order valence-electron chi connectivity index (χ1n) is 6.52. The SMILES string of the molecule is COC(=O)N[C@@H]1CCN([C@H]2CC[C@H](N)CC2)C1=O. The number of carbonyl (C=O) groups excluding carboxylic acids is 2. The lowest BCUT2D eigenvalue weighted by atomic mass is 9.91. The molecule has 0 bridgehead atoms. The molecular weight excluding hydrogens is 234 g/mol. The lowest BCUT2D eigenvalue weighted by Crippen LogP contribution is -2.46. The number of hydrogen-bond acceptors (Lipinski definition) is 4. The summed E-state index contributed by atoms with van der Waals surface area (Å²) in [5.74, 6) is 0.0147. The molecular formula is C12H21N3O3. The normalized spacial score (nSPS) is 32.4. The molecule has 1 saturated carbocycles. The topological polar surface area (TPSA) is 84.7 Å². The number of nitrogens with zero attached hydrogens (tertiary/aromatic N) is 1. The Morgan fingerprint density at radius 1 is 1.33 bits per heavy atom. The molecule has 1 atom stereocenters. The van der Waals surface area contributed by atoms with Crippen LogP contribution in [0, 0.1) is 0 Å². The summed E-state index contributed by atoms with van der Waals surface area (Å²) in [5.41, 5.74) is 5.86. The maximum Gasteiger partial charge on any atom is 0.407 e. The Hall–Kier alpha value is -1.30. The van der Waals surface area contributed by atoms with Crippen LogP contribution in [0.1, 0.15) is 32.1 Å². The van der Waals surface area contributed by atoms with Gasteiger partial charge in [-0.3, -0.25) is 4.79 Å². The van der Waals surface area contributed by atoms with E-state index in [0.29, 0.717) is 19.0 Å². The molecule has 0 aromatic rings. The Bertz CT molecular complexity index is 327. The first-order valence-corrected chi connectivity index (χ1v) is 6.52. The molecule has 102 valence electrons. The quantitative estimate of drug-likeness (QED) is 0.739. The highest BCUT2D eigenvalue weighted by Crippen LogP contribution is 2.26. The van der Waals surface area contributed by atoms with E-state index in [9.17, 15) is 9.59 Å². The molecule has 0 unspecified atom stereocenters. The third-order valence-corrected chi connectivity index (χ3v) is 3.90. The van der Waals surface area contributed by atoms with Crippen LogP contribution in [0.15, 0.2) is 0 Å². The van der Waals surface area contributed by atoms with Crippen molar-refractivity contribution in [1.29, 1.82) is 0 Å². The molecule has 6 nitrogen and oxygen atoms in total. The van der Waals surface area contributed by atoms with Crippen LogP contribution in [0.25, 0.3) is 0 Å². The molecule has 2 rings (SSSR count). The van der Waals surface area contributed by atoms with Crippen molar-refractivity contribution in [3.8, 4) is 0 Å². The summed E-state index contributed by atoms with van der Waals surface area (Å²) in [5, 5.41) is 2.58. The van der Waals surface area contributed by atoms with Gasteiger partial charge in [-0.1, -0.05) is 0 Å². The number of alkyl carbamates (subject to hydrolysis) is 1. The van der Waals surface area contributed by atoms with Crippen LogP contribution in [0.2, 0.25) is 0 Å². The van der Waals surface area contributed by atoms with Gasteiger partial charge in [0, 0.05) is 18.6 Å². The van der Waals surface area contributed by atoms with E-state index in [1.807, 2.05) is 4.90 Å². The highest BCUT2D eigenvalue weighted by Gasteiger charge is 2.37. The molecule has 1 aliphatic carbocycles.